The SMILES string of the molecule is O=C1C(=O)c2ccccc2C2=C1SCC1(CCN(C(=O)Oc3cccc(C(F)(F)F)c3)CC1)O2. The normalized spacial score (nSPS) is 19.4. The summed E-state index contributed by atoms with van der Waals surface area (Å²) in [5.74, 6) is -0.453. The summed E-state index contributed by atoms with van der Waals surface area (Å²) >= 11 is 1.29. The van der Waals surface area contributed by atoms with Crippen molar-refractivity contribution in [3.8, 4) is 5.75 Å². The first-order valence-corrected chi connectivity index (χ1v) is 11.5. The number of likely N-dealkylation sites (tertiary alicyclic amines) is 1. The van der Waals surface area contributed by atoms with E-state index < -0.39 is 35.0 Å². The standard InChI is InChI=1S/C24H18F3NO5S/c25-24(26,27)14-4-3-5-15(12-14)32-22(31)28-10-8-23(9-11-28)13-34-21-19(30)18(29)16-6-1-2-7-17(16)20(21)33-23/h1-7,12H,8-11,13H2. The number of carbonyl (C=O) groups is 3. The molecule has 1 amide bonds. The third-order valence-electron chi connectivity index (χ3n) is 6.13. The van der Waals surface area contributed by atoms with Gasteiger partial charge in [-0.1, -0.05) is 30.3 Å². The molecule has 0 unspecified atom stereocenters. The Bertz CT molecular complexity index is 1230. The van der Waals surface area contributed by atoms with E-state index in [1.54, 1.807) is 24.3 Å². The molecule has 10 heteroatoms. The third-order valence-corrected chi connectivity index (χ3v) is 7.46. The van der Waals surface area contributed by atoms with Gasteiger partial charge in [0.2, 0.25) is 11.6 Å². The molecule has 6 nitrogen and oxygen atoms in total. The molecule has 2 aliphatic heterocycles. The summed E-state index contributed by atoms with van der Waals surface area (Å²) in [7, 11) is 0. The molecule has 0 aromatic heterocycles. The van der Waals surface area contributed by atoms with Crippen molar-refractivity contribution < 1.29 is 37.0 Å². The van der Waals surface area contributed by atoms with E-state index in [1.165, 1.54) is 28.8 Å². The number of Topliss-reactive ketones (excluding diaryl/α,β-unsaturated/α-hetero) is 2. The quantitative estimate of drug-likeness (QED) is 0.529. The van der Waals surface area contributed by atoms with Crippen molar-refractivity contribution in [2.75, 3.05) is 18.8 Å². The lowest BCUT2D eigenvalue weighted by Gasteiger charge is -2.45. The number of alkyl halides is 3. The number of fused-ring (bicyclic) bond motifs is 2. The zero-order valence-electron chi connectivity index (χ0n) is 17.7. The largest absolute Gasteiger partial charge is 0.484 e. The van der Waals surface area contributed by atoms with Gasteiger partial charge in [-0.2, -0.15) is 13.2 Å². The van der Waals surface area contributed by atoms with Crippen molar-refractivity contribution in [3.63, 3.8) is 0 Å². The maximum Gasteiger partial charge on any atom is 0.416 e. The number of benzene rings is 2. The maximum atomic E-state index is 12.9. The first kappa shape index (κ1) is 22.5. The van der Waals surface area contributed by atoms with Crippen molar-refractivity contribution in [2.45, 2.75) is 24.6 Å². The van der Waals surface area contributed by atoms with Crippen LogP contribution >= 0.6 is 11.8 Å². The van der Waals surface area contributed by atoms with Crippen LogP contribution in [0.4, 0.5) is 18.0 Å². The Balaban J connectivity index is 1.28. The molecule has 0 atom stereocenters. The monoisotopic (exact) mass is 489 g/mol. The van der Waals surface area contributed by atoms with Gasteiger partial charge in [-0.3, -0.25) is 9.59 Å². The lowest BCUT2D eigenvalue weighted by atomic mass is 9.90. The number of halogens is 3. The van der Waals surface area contributed by atoms with Gasteiger partial charge in [0.1, 0.15) is 22.0 Å². The van der Waals surface area contributed by atoms with Gasteiger partial charge in [0.05, 0.1) is 5.56 Å². The van der Waals surface area contributed by atoms with E-state index >= 15 is 0 Å². The second-order valence-corrected chi connectivity index (χ2v) is 9.30. The van der Waals surface area contributed by atoms with Crippen LogP contribution in [0.3, 0.4) is 0 Å². The second kappa shape index (κ2) is 8.19. The Morgan fingerprint density at radius 2 is 1.71 bits per heavy atom. The summed E-state index contributed by atoms with van der Waals surface area (Å²) < 4.78 is 50.2. The molecule has 1 fully saturated rings. The number of ether oxygens (including phenoxy) is 2. The van der Waals surface area contributed by atoms with Gasteiger partial charge in [0, 0.05) is 42.8 Å². The fraction of sp³-hybridized carbons (Fsp3) is 0.292. The van der Waals surface area contributed by atoms with Crippen LogP contribution in [0.1, 0.15) is 34.3 Å². The lowest BCUT2D eigenvalue weighted by Crippen LogP contribution is -2.51. The average Bonchev–Trinajstić information content (AvgIpc) is 2.82. The maximum absolute atomic E-state index is 12.9. The predicted octanol–water partition coefficient (Wildman–Crippen LogP) is 4.94. The minimum absolute atomic E-state index is 0.179. The second-order valence-electron chi connectivity index (χ2n) is 8.32. The number of rotatable bonds is 1. The summed E-state index contributed by atoms with van der Waals surface area (Å²) in [6, 6.07) is 11.0. The van der Waals surface area contributed by atoms with Gasteiger partial charge in [-0.25, -0.2) is 4.79 Å². The summed E-state index contributed by atoms with van der Waals surface area (Å²) in [6.07, 6.45) is -4.38. The molecule has 1 saturated heterocycles. The fourth-order valence-corrected chi connectivity index (χ4v) is 5.52. The van der Waals surface area contributed by atoms with E-state index in [1.807, 2.05) is 0 Å². The molecule has 0 radical (unpaired) electrons. The van der Waals surface area contributed by atoms with Crippen LogP contribution in [0.25, 0.3) is 5.76 Å². The van der Waals surface area contributed by atoms with Crippen molar-refractivity contribution in [1.29, 1.82) is 0 Å². The molecule has 0 saturated carbocycles. The highest BCUT2D eigenvalue weighted by Crippen LogP contribution is 2.47. The van der Waals surface area contributed by atoms with E-state index in [0.29, 0.717) is 40.4 Å². The summed E-state index contributed by atoms with van der Waals surface area (Å²) in [6.45, 7) is 0.547. The number of carbonyl (C=O) groups excluding carboxylic acids is 3. The molecular weight excluding hydrogens is 471 g/mol. The number of ketones is 2. The highest BCUT2D eigenvalue weighted by Gasteiger charge is 2.46. The van der Waals surface area contributed by atoms with Gasteiger partial charge >= 0.3 is 12.3 Å². The Morgan fingerprint density at radius 1 is 1.00 bits per heavy atom. The van der Waals surface area contributed by atoms with E-state index in [2.05, 4.69) is 0 Å². The van der Waals surface area contributed by atoms with Crippen LogP contribution in [0, 0.1) is 0 Å². The smallest absolute Gasteiger partial charge is 0.416 e. The van der Waals surface area contributed by atoms with Crippen molar-refractivity contribution >= 4 is 35.2 Å². The molecular formula is C24H18F3NO5S. The minimum atomic E-state index is -4.53. The average molecular weight is 489 g/mol. The predicted molar refractivity (Wildman–Crippen MR) is 117 cm³/mol. The van der Waals surface area contributed by atoms with Crippen LogP contribution in [0.15, 0.2) is 53.4 Å². The molecule has 0 N–H and O–H groups in total. The molecule has 0 bridgehead atoms. The van der Waals surface area contributed by atoms with E-state index in [9.17, 15) is 27.6 Å². The van der Waals surface area contributed by atoms with Gasteiger partial charge in [0.15, 0.2) is 0 Å². The van der Waals surface area contributed by atoms with Crippen LogP contribution in [-0.2, 0) is 15.7 Å². The number of piperidine rings is 1. The number of hydrogen-bond acceptors (Lipinski definition) is 6. The summed E-state index contributed by atoms with van der Waals surface area (Å²) in [5, 5.41) is 0. The van der Waals surface area contributed by atoms with Gasteiger partial charge < -0.3 is 14.4 Å². The Hall–Kier alpha value is -3.27. The summed E-state index contributed by atoms with van der Waals surface area (Å²) in [5.41, 5.74) is -0.636. The Labute approximate surface area is 196 Å². The topological polar surface area (TPSA) is 72.9 Å². The molecule has 3 aliphatic rings. The van der Waals surface area contributed by atoms with Gasteiger partial charge in [-0.05, 0) is 18.2 Å². The fourth-order valence-electron chi connectivity index (χ4n) is 4.26. The van der Waals surface area contributed by atoms with Crippen LogP contribution in [-0.4, -0.2) is 47.0 Å². The third kappa shape index (κ3) is 3.96. The first-order chi connectivity index (χ1) is 16.2. The molecule has 5 rings (SSSR count). The molecule has 1 aliphatic carbocycles. The van der Waals surface area contributed by atoms with Crippen LogP contribution in [0.5, 0.6) is 5.75 Å². The Kier molecular flexibility index (Phi) is 5.43. The minimum Gasteiger partial charge on any atom is -0.484 e. The molecule has 2 aromatic rings. The highest BCUT2D eigenvalue weighted by molar-refractivity contribution is 8.04. The van der Waals surface area contributed by atoms with Gasteiger partial charge in [-0.15, -0.1) is 11.8 Å². The zero-order valence-corrected chi connectivity index (χ0v) is 18.5. The lowest BCUT2D eigenvalue weighted by molar-refractivity contribution is -0.137. The molecule has 1 spiro atoms. The molecule has 34 heavy (non-hydrogen) atoms. The van der Waals surface area contributed by atoms with E-state index in [-0.39, 0.29) is 18.8 Å². The molecule has 2 heterocycles. The number of amides is 1. The number of nitrogens with zero attached hydrogens (tertiary/aromatic N) is 1. The van der Waals surface area contributed by atoms with Crippen molar-refractivity contribution in [3.05, 3.63) is 70.1 Å². The van der Waals surface area contributed by atoms with E-state index in [4.69, 9.17) is 9.47 Å². The summed E-state index contributed by atoms with van der Waals surface area (Å²) in [4.78, 5) is 39.2. The molecule has 176 valence electrons. The Morgan fingerprint density at radius 3 is 2.41 bits per heavy atom. The van der Waals surface area contributed by atoms with Crippen molar-refractivity contribution in [2.24, 2.45) is 0 Å². The highest BCUT2D eigenvalue weighted by atomic mass is 32.2. The van der Waals surface area contributed by atoms with E-state index in [0.717, 1.165) is 12.1 Å². The van der Waals surface area contributed by atoms with Crippen LogP contribution < -0.4 is 4.74 Å². The first-order valence-electron chi connectivity index (χ1n) is 10.6. The number of thioether (sulfide) groups is 1. The molecule has 2 aromatic carbocycles. The zero-order chi connectivity index (χ0) is 24.1. The number of allylic oxidation sites excluding steroid dienone is 1. The number of hydrogen-bond donors (Lipinski definition) is 0. The van der Waals surface area contributed by atoms with Crippen molar-refractivity contribution in [1.82, 2.24) is 4.90 Å². The van der Waals surface area contributed by atoms with Gasteiger partial charge in [0.25, 0.3) is 0 Å². The van der Waals surface area contributed by atoms with Crippen LogP contribution in [0.2, 0.25) is 0 Å².